The van der Waals surface area contributed by atoms with Crippen LogP contribution in [0.5, 0.6) is 0 Å². The number of hydrogen-bond donors (Lipinski definition) is 2. The lowest BCUT2D eigenvalue weighted by Gasteiger charge is -2.16. The topological polar surface area (TPSA) is 78.0 Å². The van der Waals surface area contributed by atoms with Gasteiger partial charge in [-0.05, 0) is 32.0 Å². The normalized spacial score (nSPS) is 14.6. The van der Waals surface area contributed by atoms with Crippen molar-refractivity contribution in [3.63, 3.8) is 0 Å². The molecule has 1 saturated carbocycles. The van der Waals surface area contributed by atoms with Gasteiger partial charge in [0.2, 0.25) is 0 Å². The lowest BCUT2D eigenvalue weighted by atomic mass is 10.3. The van der Waals surface area contributed by atoms with Gasteiger partial charge in [-0.2, -0.15) is 5.26 Å². The van der Waals surface area contributed by atoms with Gasteiger partial charge in [0.15, 0.2) is 5.69 Å². The first-order valence-electron chi connectivity index (χ1n) is 5.81. The first-order chi connectivity index (χ1) is 8.20. The number of aromatic nitrogens is 1. The molecule has 0 spiro atoms. The summed E-state index contributed by atoms with van der Waals surface area (Å²) in [6.45, 7) is 1.81. The molecule has 17 heavy (non-hydrogen) atoms. The summed E-state index contributed by atoms with van der Waals surface area (Å²) in [7, 11) is 2.14. The van der Waals surface area contributed by atoms with Gasteiger partial charge in [0.05, 0.1) is 5.69 Å². The fourth-order valence-electron chi connectivity index (χ4n) is 1.72. The van der Waals surface area contributed by atoms with Gasteiger partial charge >= 0.3 is 0 Å². The lowest BCUT2D eigenvalue weighted by molar-refractivity contribution is 0.337. The molecule has 0 amide bonds. The molecule has 0 saturated heterocycles. The number of anilines is 2. The molecule has 2 rings (SSSR count). The molecule has 0 aliphatic heterocycles. The summed E-state index contributed by atoms with van der Waals surface area (Å²) in [6.07, 6.45) is 2.63. The van der Waals surface area contributed by atoms with Gasteiger partial charge < -0.3 is 16.0 Å². The number of rotatable bonds is 5. The summed E-state index contributed by atoms with van der Waals surface area (Å²) in [5.74, 6) is 0.708. The highest BCUT2D eigenvalue weighted by Crippen LogP contribution is 2.24. The number of hydrogen-bond acceptors (Lipinski definition) is 5. The largest absolute Gasteiger partial charge is 0.396 e. The van der Waals surface area contributed by atoms with Crippen LogP contribution in [0, 0.1) is 11.3 Å². The fraction of sp³-hybridized carbons (Fsp3) is 0.500. The Kier molecular flexibility index (Phi) is 3.45. The van der Waals surface area contributed by atoms with Crippen molar-refractivity contribution in [2.75, 3.05) is 31.2 Å². The van der Waals surface area contributed by atoms with E-state index in [0.717, 1.165) is 19.1 Å². The van der Waals surface area contributed by atoms with Crippen LogP contribution in [0.1, 0.15) is 18.5 Å². The van der Waals surface area contributed by atoms with E-state index in [1.54, 1.807) is 12.1 Å². The van der Waals surface area contributed by atoms with Gasteiger partial charge in [0, 0.05) is 19.1 Å². The third-order valence-corrected chi connectivity index (χ3v) is 2.97. The molecule has 1 aliphatic carbocycles. The van der Waals surface area contributed by atoms with Gasteiger partial charge in [-0.1, -0.05) is 0 Å². The van der Waals surface area contributed by atoms with E-state index in [1.807, 2.05) is 6.07 Å². The van der Waals surface area contributed by atoms with E-state index in [1.165, 1.54) is 12.8 Å². The fourth-order valence-corrected chi connectivity index (χ4v) is 1.72. The zero-order valence-corrected chi connectivity index (χ0v) is 9.98. The molecule has 0 radical (unpaired) electrons. The third kappa shape index (κ3) is 3.08. The van der Waals surface area contributed by atoms with Crippen molar-refractivity contribution >= 4 is 11.5 Å². The molecule has 0 unspecified atom stereocenters. The van der Waals surface area contributed by atoms with E-state index < -0.39 is 0 Å². The summed E-state index contributed by atoms with van der Waals surface area (Å²) < 4.78 is 0. The van der Waals surface area contributed by atoms with Gasteiger partial charge in [-0.25, -0.2) is 4.98 Å². The first-order valence-corrected chi connectivity index (χ1v) is 5.81. The van der Waals surface area contributed by atoms with Crippen LogP contribution in [0.25, 0.3) is 0 Å². The number of nitrogen functional groups attached to an aromatic ring is 1. The highest BCUT2D eigenvalue weighted by molar-refractivity contribution is 5.54. The Balaban J connectivity index is 1.84. The number of nitrogens with one attached hydrogen (secondary N) is 1. The van der Waals surface area contributed by atoms with Crippen molar-refractivity contribution in [2.24, 2.45) is 0 Å². The second-order valence-electron chi connectivity index (χ2n) is 4.38. The molecule has 90 valence electrons. The summed E-state index contributed by atoms with van der Waals surface area (Å²) in [5, 5.41) is 12.0. The predicted molar refractivity (Wildman–Crippen MR) is 67.5 cm³/mol. The van der Waals surface area contributed by atoms with E-state index in [4.69, 9.17) is 11.0 Å². The Hall–Kier alpha value is -1.80. The minimum Gasteiger partial charge on any atom is -0.396 e. The molecule has 1 aromatic heterocycles. The minimum atomic E-state index is 0.283. The van der Waals surface area contributed by atoms with Crippen molar-refractivity contribution < 1.29 is 0 Å². The van der Waals surface area contributed by atoms with Gasteiger partial charge in [0.1, 0.15) is 11.9 Å². The highest BCUT2D eigenvalue weighted by atomic mass is 15.2. The molecule has 1 fully saturated rings. The van der Waals surface area contributed by atoms with E-state index in [9.17, 15) is 0 Å². The molecule has 1 aliphatic rings. The Morgan fingerprint density at radius 1 is 1.59 bits per heavy atom. The SMILES string of the molecule is CN(CCNc1ccc(N)c(C#N)n1)C1CC1. The molecule has 0 aromatic carbocycles. The van der Waals surface area contributed by atoms with Gasteiger partial charge in [0.25, 0.3) is 0 Å². The summed E-state index contributed by atoms with van der Waals surface area (Å²) >= 11 is 0. The van der Waals surface area contributed by atoms with Crippen LogP contribution in [0.15, 0.2) is 12.1 Å². The number of nitriles is 1. The Morgan fingerprint density at radius 2 is 2.35 bits per heavy atom. The average Bonchev–Trinajstić information content (AvgIpc) is 3.15. The Bertz CT molecular complexity index is 433. The highest BCUT2D eigenvalue weighted by Gasteiger charge is 2.25. The third-order valence-electron chi connectivity index (χ3n) is 2.97. The zero-order valence-electron chi connectivity index (χ0n) is 9.98. The number of nitrogens with two attached hydrogens (primary N) is 1. The van der Waals surface area contributed by atoms with E-state index in [2.05, 4.69) is 22.2 Å². The van der Waals surface area contributed by atoms with Crippen LogP contribution in [-0.4, -0.2) is 36.1 Å². The summed E-state index contributed by atoms with van der Waals surface area (Å²) in [5.41, 5.74) is 6.31. The van der Waals surface area contributed by atoms with E-state index in [-0.39, 0.29) is 5.69 Å². The van der Waals surface area contributed by atoms with E-state index in [0.29, 0.717) is 11.5 Å². The van der Waals surface area contributed by atoms with Crippen molar-refractivity contribution in [2.45, 2.75) is 18.9 Å². The van der Waals surface area contributed by atoms with Crippen LogP contribution in [0.4, 0.5) is 11.5 Å². The summed E-state index contributed by atoms with van der Waals surface area (Å²) in [4.78, 5) is 6.48. The maximum Gasteiger partial charge on any atom is 0.165 e. The number of pyridine rings is 1. The Labute approximate surface area is 101 Å². The quantitative estimate of drug-likeness (QED) is 0.791. The van der Waals surface area contributed by atoms with Gasteiger partial charge in [-0.15, -0.1) is 0 Å². The van der Waals surface area contributed by atoms with Gasteiger partial charge in [-0.3, -0.25) is 0 Å². The number of nitrogens with zero attached hydrogens (tertiary/aromatic N) is 3. The lowest BCUT2D eigenvalue weighted by Crippen LogP contribution is -2.27. The standard InChI is InChI=1S/C12H17N5/c1-17(9-2-3-9)7-6-15-12-5-4-10(14)11(8-13)16-12/h4-5,9H,2-3,6-7,14H2,1H3,(H,15,16). The van der Waals surface area contributed by atoms with Crippen molar-refractivity contribution in [1.82, 2.24) is 9.88 Å². The minimum absolute atomic E-state index is 0.283. The molecule has 5 nitrogen and oxygen atoms in total. The first kappa shape index (κ1) is 11.7. The van der Waals surface area contributed by atoms with Crippen molar-refractivity contribution in [1.29, 1.82) is 5.26 Å². The molecule has 0 bridgehead atoms. The smallest absolute Gasteiger partial charge is 0.165 e. The monoisotopic (exact) mass is 231 g/mol. The maximum absolute atomic E-state index is 8.81. The van der Waals surface area contributed by atoms with Crippen LogP contribution >= 0.6 is 0 Å². The Morgan fingerprint density at radius 3 is 3.00 bits per heavy atom. The molecule has 1 aromatic rings. The summed E-state index contributed by atoms with van der Waals surface area (Å²) in [6, 6.07) is 6.25. The van der Waals surface area contributed by atoms with Crippen LogP contribution in [0.3, 0.4) is 0 Å². The zero-order chi connectivity index (χ0) is 12.3. The molecular formula is C12H17N5. The maximum atomic E-state index is 8.81. The second-order valence-corrected chi connectivity index (χ2v) is 4.38. The van der Waals surface area contributed by atoms with Crippen molar-refractivity contribution in [3.05, 3.63) is 17.8 Å². The average molecular weight is 231 g/mol. The van der Waals surface area contributed by atoms with Crippen LogP contribution in [0.2, 0.25) is 0 Å². The molecular weight excluding hydrogens is 214 g/mol. The molecule has 5 heteroatoms. The van der Waals surface area contributed by atoms with Crippen LogP contribution in [-0.2, 0) is 0 Å². The number of likely N-dealkylation sites (N-methyl/N-ethyl adjacent to an activating group) is 1. The van der Waals surface area contributed by atoms with Crippen molar-refractivity contribution in [3.8, 4) is 6.07 Å². The van der Waals surface area contributed by atoms with Crippen LogP contribution < -0.4 is 11.1 Å². The predicted octanol–water partition coefficient (Wildman–Crippen LogP) is 1.04. The van der Waals surface area contributed by atoms with E-state index >= 15 is 0 Å². The molecule has 3 N–H and O–H groups in total. The molecule has 0 atom stereocenters. The molecule has 1 heterocycles. The second kappa shape index (κ2) is 5.02.